The van der Waals surface area contributed by atoms with Crippen molar-refractivity contribution in [2.75, 3.05) is 0 Å². The van der Waals surface area contributed by atoms with Gasteiger partial charge in [-0.15, -0.1) is 0 Å². The third-order valence-electron chi connectivity index (χ3n) is 12.1. The molecule has 0 fully saturated rings. The molecular formula is C58H43N3O2. The number of phenols is 1. The molecule has 0 unspecified atom stereocenters. The second kappa shape index (κ2) is 15.2. The van der Waals surface area contributed by atoms with Crippen molar-refractivity contribution in [2.24, 2.45) is 0 Å². The number of pyridine rings is 1. The SMILES string of the molecule is CC(C)(C)c1ccc(-n2c(-c3c(O)ccc4c3oc3ccccc34)nc3c(-c4cc(-c5ccccc5)cc(-c5cc(-c6ccccc6)ccn5)c4)cccc32)c(-c2ccccc2)c1. The molecule has 0 aliphatic carbocycles. The van der Waals surface area contributed by atoms with Gasteiger partial charge in [0.05, 0.1) is 22.4 Å². The highest BCUT2D eigenvalue weighted by Gasteiger charge is 2.27. The number of phenolic OH excluding ortho intramolecular Hbond substituents is 1. The van der Waals surface area contributed by atoms with E-state index in [1.54, 1.807) is 6.07 Å². The number of hydrogen-bond donors (Lipinski definition) is 1. The molecule has 0 atom stereocenters. The Kier molecular flexibility index (Phi) is 9.13. The molecule has 8 aromatic carbocycles. The molecule has 63 heavy (non-hydrogen) atoms. The molecule has 11 aromatic rings. The number of hydrogen-bond acceptors (Lipinski definition) is 4. The van der Waals surface area contributed by atoms with Gasteiger partial charge < -0.3 is 9.52 Å². The lowest BCUT2D eigenvalue weighted by Crippen LogP contribution is -2.12. The molecule has 5 nitrogen and oxygen atoms in total. The molecular weight excluding hydrogens is 771 g/mol. The van der Waals surface area contributed by atoms with Gasteiger partial charge in [-0.3, -0.25) is 9.55 Å². The maximum absolute atomic E-state index is 12.0. The van der Waals surface area contributed by atoms with Crippen LogP contribution >= 0.6 is 0 Å². The number of fused-ring (bicyclic) bond motifs is 4. The zero-order valence-corrected chi connectivity index (χ0v) is 35.2. The quantitative estimate of drug-likeness (QED) is 0.174. The van der Waals surface area contributed by atoms with Crippen LogP contribution in [0.4, 0.5) is 0 Å². The number of benzene rings is 8. The van der Waals surface area contributed by atoms with Crippen LogP contribution in [0.2, 0.25) is 0 Å². The maximum Gasteiger partial charge on any atom is 0.153 e. The van der Waals surface area contributed by atoms with Crippen LogP contribution in [0.25, 0.3) is 106 Å². The van der Waals surface area contributed by atoms with Crippen LogP contribution in [0.15, 0.2) is 205 Å². The Morgan fingerprint density at radius 1 is 0.508 bits per heavy atom. The van der Waals surface area contributed by atoms with E-state index in [0.29, 0.717) is 17.0 Å². The number of rotatable bonds is 7. The molecule has 11 rings (SSSR count). The highest BCUT2D eigenvalue weighted by molar-refractivity contribution is 6.11. The van der Waals surface area contributed by atoms with E-state index in [0.717, 1.165) is 88.8 Å². The van der Waals surface area contributed by atoms with Crippen LogP contribution in [-0.4, -0.2) is 19.6 Å². The lowest BCUT2D eigenvalue weighted by atomic mass is 9.85. The molecule has 302 valence electrons. The van der Waals surface area contributed by atoms with Gasteiger partial charge in [-0.05, 0) is 111 Å². The number of imidazole rings is 1. The van der Waals surface area contributed by atoms with E-state index >= 15 is 0 Å². The fraction of sp³-hybridized carbons (Fsp3) is 0.0690. The average molecular weight is 814 g/mol. The van der Waals surface area contributed by atoms with E-state index in [9.17, 15) is 5.11 Å². The Balaban J connectivity index is 1.21. The van der Waals surface area contributed by atoms with Gasteiger partial charge in [0, 0.05) is 33.7 Å². The predicted molar refractivity (Wildman–Crippen MR) is 259 cm³/mol. The number of aromatic nitrogens is 3. The molecule has 0 spiro atoms. The molecule has 5 heteroatoms. The first-order valence-corrected chi connectivity index (χ1v) is 21.4. The molecule has 0 bridgehead atoms. The molecule has 0 saturated heterocycles. The molecule has 0 radical (unpaired) electrons. The fourth-order valence-electron chi connectivity index (χ4n) is 8.91. The fourth-order valence-corrected chi connectivity index (χ4v) is 8.91. The summed E-state index contributed by atoms with van der Waals surface area (Å²) in [5.74, 6) is 0.668. The summed E-state index contributed by atoms with van der Waals surface area (Å²) in [4.78, 5) is 10.5. The highest BCUT2D eigenvalue weighted by atomic mass is 16.3. The van der Waals surface area contributed by atoms with Crippen molar-refractivity contribution in [1.29, 1.82) is 0 Å². The summed E-state index contributed by atoms with van der Waals surface area (Å²) >= 11 is 0. The van der Waals surface area contributed by atoms with Crippen molar-refractivity contribution in [3.8, 4) is 78.6 Å². The highest BCUT2D eigenvalue weighted by Crippen LogP contribution is 2.46. The largest absolute Gasteiger partial charge is 0.507 e. The summed E-state index contributed by atoms with van der Waals surface area (Å²) in [6, 6.07) is 67.2. The topological polar surface area (TPSA) is 64.1 Å². The Hall–Kier alpha value is -8.02. The monoisotopic (exact) mass is 813 g/mol. The minimum Gasteiger partial charge on any atom is -0.507 e. The van der Waals surface area contributed by atoms with Crippen molar-refractivity contribution in [2.45, 2.75) is 26.2 Å². The van der Waals surface area contributed by atoms with Gasteiger partial charge >= 0.3 is 0 Å². The lowest BCUT2D eigenvalue weighted by Gasteiger charge is -2.23. The molecule has 0 amide bonds. The standard InChI is InChI=1S/C58H43N3O2/c1-58(2,3)44-26-28-50(48(36-44)39-20-11-6-12-21-39)61-51-24-15-23-45(55(51)60-57(61)54-52(62)29-27-47-46-22-13-14-25-53(46)63-56(47)54)42-32-41(38-18-9-5-10-19-38)33-43(34-42)49-35-40(30-31-59-49)37-16-7-4-8-17-37/h4-36,62H,1-3H3. The van der Waals surface area contributed by atoms with E-state index < -0.39 is 0 Å². The smallest absolute Gasteiger partial charge is 0.153 e. The minimum absolute atomic E-state index is 0.0879. The van der Waals surface area contributed by atoms with Gasteiger partial charge in [0.25, 0.3) is 0 Å². The van der Waals surface area contributed by atoms with E-state index in [4.69, 9.17) is 14.4 Å². The average Bonchev–Trinajstić information content (AvgIpc) is 3.90. The predicted octanol–water partition coefficient (Wildman–Crippen LogP) is 15.3. The molecule has 0 aliphatic rings. The van der Waals surface area contributed by atoms with Crippen LogP contribution in [-0.2, 0) is 5.41 Å². The summed E-state index contributed by atoms with van der Waals surface area (Å²) < 4.78 is 8.86. The minimum atomic E-state index is -0.0931. The van der Waals surface area contributed by atoms with Crippen molar-refractivity contribution < 1.29 is 9.52 Å². The zero-order chi connectivity index (χ0) is 42.7. The second-order valence-electron chi connectivity index (χ2n) is 17.2. The Morgan fingerprint density at radius 3 is 1.92 bits per heavy atom. The van der Waals surface area contributed by atoms with E-state index in [1.807, 2.05) is 48.7 Å². The summed E-state index contributed by atoms with van der Waals surface area (Å²) in [6.45, 7) is 6.73. The van der Waals surface area contributed by atoms with Crippen LogP contribution in [0.1, 0.15) is 26.3 Å². The maximum atomic E-state index is 12.0. The normalized spacial score (nSPS) is 11.8. The van der Waals surface area contributed by atoms with Crippen LogP contribution in [0, 0.1) is 0 Å². The first kappa shape index (κ1) is 37.9. The van der Waals surface area contributed by atoms with Crippen molar-refractivity contribution in [3.05, 3.63) is 206 Å². The van der Waals surface area contributed by atoms with Crippen molar-refractivity contribution in [3.63, 3.8) is 0 Å². The summed E-state index contributed by atoms with van der Waals surface area (Å²) in [7, 11) is 0. The molecule has 1 N–H and O–H groups in total. The van der Waals surface area contributed by atoms with Gasteiger partial charge in [-0.25, -0.2) is 4.98 Å². The molecule has 3 aromatic heterocycles. The first-order valence-electron chi connectivity index (χ1n) is 21.4. The van der Waals surface area contributed by atoms with Gasteiger partial charge in [0.2, 0.25) is 0 Å². The summed E-state index contributed by atoms with van der Waals surface area (Å²) in [5, 5.41) is 13.9. The van der Waals surface area contributed by atoms with Gasteiger partial charge in [-0.1, -0.05) is 148 Å². The molecule has 0 saturated carbocycles. The Labute approximate surface area is 366 Å². The Morgan fingerprint density at radius 2 is 1.17 bits per heavy atom. The van der Waals surface area contributed by atoms with Crippen LogP contribution in [0.5, 0.6) is 5.75 Å². The third kappa shape index (κ3) is 6.75. The number of para-hydroxylation sites is 2. The lowest BCUT2D eigenvalue weighted by molar-refractivity contribution is 0.476. The molecule has 0 aliphatic heterocycles. The number of nitrogens with zero attached hydrogens (tertiary/aromatic N) is 3. The van der Waals surface area contributed by atoms with Gasteiger partial charge in [0.15, 0.2) is 5.82 Å². The van der Waals surface area contributed by atoms with E-state index in [2.05, 4.69) is 171 Å². The van der Waals surface area contributed by atoms with Gasteiger partial charge in [-0.2, -0.15) is 0 Å². The number of furan rings is 1. The zero-order valence-electron chi connectivity index (χ0n) is 35.2. The van der Waals surface area contributed by atoms with Crippen molar-refractivity contribution in [1.82, 2.24) is 14.5 Å². The Bertz CT molecular complexity index is 3490. The number of aromatic hydroxyl groups is 1. The summed E-state index contributed by atoms with van der Waals surface area (Å²) in [6.07, 6.45) is 1.89. The van der Waals surface area contributed by atoms with E-state index in [-0.39, 0.29) is 11.2 Å². The van der Waals surface area contributed by atoms with Gasteiger partial charge in [0.1, 0.15) is 22.5 Å². The first-order chi connectivity index (χ1) is 30.8. The van der Waals surface area contributed by atoms with Crippen LogP contribution < -0.4 is 0 Å². The summed E-state index contributed by atoms with van der Waals surface area (Å²) in [5.41, 5.74) is 16.0. The van der Waals surface area contributed by atoms with Crippen molar-refractivity contribution >= 4 is 33.0 Å². The van der Waals surface area contributed by atoms with E-state index in [1.165, 1.54) is 5.56 Å². The van der Waals surface area contributed by atoms with Crippen LogP contribution in [0.3, 0.4) is 0 Å². The third-order valence-corrected chi connectivity index (χ3v) is 12.1. The molecule has 3 heterocycles. The second-order valence-corrected chi connectivity index (χ2v) is 17.2.